The molecule has 2 aromatic heterocycles. The minimum absolute atomic E-state index is 1.00. The van der Waals surface area contributed by atoms with Gasteiger partial charge in [-0.05, 0) is 0 Å². The molecule has 0 amide bonds. The molecule has 0 saturated carbocycles. The standard InChI is InChI=1S/C35H23N2PSe/c39-38(26-13-2-1-3-14-26,27-22-21-24-11-4-5-12-25(24)23-27)33-20-10-19-32-34(33)36-35-30-17-7-6-15-28(30)29-16-8-9-18-31(29)37(32)35/h1-23H. The van der Waals surface area contributed by atoms with Crippen LogP contribution in [-0.2, 0) is 0 Å². The van der Waals surface area contributed by atoms with Gasteiger partial charge in [0, 0.05) is 0 Å². The van der Waals surface area contributed by atoms with Gasteiger partial charge in [-0.2, -0.15) is 0 Å². The van der Waals surface area contributed by atoms with Gasteiger partial charge < -0.3 is 0 Å². The normalized spacial score (nSPS) is 13.4. The van der Waals surface area contributed by atoms with Gasteiger partial charge in [-0.25, -0.2) is 0 Å². The van der Waals surface area contributed by atoms with Gasteiger partial charge in [0.1, 0.15) is 0 Å². The number of imidazole rings is 1. The Hall–Kier alpha value is -4.00. The van der Waals surface area contributed by atoms with E-state index in [1.807, 2.05) is 0 Å². The van der Waals surface area contributed by atoms with Gasteiger partial charge in [0.05, 0.1) is 0 Å². The van der Waals surface area contributed by atoms with Crippen molar-refractivity contribution in [2.24, 2.45) is 0 Å². The maximum atomic E-state index is 5.44. The Morgan fingerprint density at radius 2 is 1.18 bits per heavy atom. The van der Waals surface area contributed by atoms with Gasteiger partial charge in [-0.3, -0.25) is 0 Å². The van der Waals surface area contributed by atoms with Crippen molar-refractivity contribution in [3.8, 4) is 0 Å². The van der Waals surface area contributed by atoms with Crippen LogP contribution >= 0.6 is 5.51 Å². The van der Waals surface area contributed by atoms with Crippen molar-refractivity contribution in [3.05, 3.63) is 140 Å². The Bertz CT molecular complexity index is 2270. The van der Waals surface area contributed by atoms with Gasteiger partial charge in [-0.1, -0.05) is 0 Å². The van der Waals surface area contributed by atoms with Crippen molar-refractivity contribution < 1.29 is 0 Å². The number of para-hydroxylation sites is 2. The van der Waals surface area contributed by atoms with Crippen LogP contribution < -0.4 is 15.9 Å². The summed E-state index contributed by atoms with van der Waals surface area (Å²) in [6.45, 7) is 0. The third-order valence-electron chi connectivity index (χ3n) is 7.82. The Morgan fingerprint density at radius 3 is 2.03 bits per heavy atom. The molecule has 2 nitrogen and oxygen atoms in total. The molecule has 8 rings (SSSR count). The quantitative estimate of drug-likeness (QED) is 0.121. The monoisotopic (exact) mass is 582 g/mol. The molecule has 0 bridgehead atoms. The summed E-state index contributed by atoms with van der Waals surface area (Å²) in [5.74, 6) is 0. The molecule has 2 heterocycles. The molecular weight excluding hydrogens is 558 g/mol. The summed E-state index contributed by atoms with van der Waals surface area (Å²) in [6.07, 6.45) is 0. The van der Waals surface area contributed by atoms with Gasteiger partial charge in [-0.15, -0.1) is 0 Å². The van der Waals surface area contributed by atoms with E-state index < -0.39 is 5.51 Å². The molecule has 39 heavy (non-hydrogen) atoms. The predicted octanol–water partition coefficient (Wildman–Crippen LogP) is 7.32. The fourth-order valence-electron chi connectivity index (χ4n) is 6.01. The Balaban J connectivity index is 1.53. The number of nitrogens with zero attached hydrogens (tertiary/aromatic N) is 2. The third-order valence-corrected chi connectivity index (χ3v) is 14.8. The first-order chi connectivity index (χ1) is 19.2. The number of hydrogen-bond donors (Lipinski definition) is 0. The number of aromatic nitrogens is 2. The summed E-state index contributed by atoms with van der Waals surface area (Å²) >= 11 is 3.78. The van der Waals surface area contributed by atoms with Crippen LogP contribution in [0, 0.1) is 0 Å². The van der Waals surface area contributed by atoms with Crippen LogP contribution in [0.5, 0.6) is 0 Å². The molecule has 0 saturated heterocycles. The van der Waals surface area contributed by atoms with Crippen LogP contribution in [0.1, 0.15) is 0 Å². The van der Waals surface area contributed by atoms with Crippen LogP contribution in [0.2, 0.25) is 0 Å². The van der Waals surface area contributed by atoms with Gasteiger partial charge in [0.2, 0.25) is 0 Å². The van der Waals surface area contributed by atoms with E-state index in [0.717, 1.165) is 16.7 Å². The number of hydrogen-bond acceptors (Lipinski definition) is 1. The molecule has 0 fully saturated rings. The molecule has 0 aliphatic heterocycles. The summed E-state index contributed by atoms with van der Waals surface area (Å²) in [5.41, 5.74) is 2.23. The summed E-state index contributed by atoms with van der Waals surface area (Å²) in [4.78, 5) is 5.44. The summed E-state index contributed by atoms with van der Waals surface area (Å²) in [5, 5.41) is 10.0. The zero-order valence-corrected chi connectivity index (χ0v) is 23.6. The van der Waals surface area contributed by atoms with Crippen molar-refractivity contribution in [2.75, 3.05) is 0 Å². The molecule has 0 N–H and O–H groups in total. The first kappa shape index (κ1) is 22.9. The average Bonchev–Trinajstić information content (AvgIpc) is 3.41. The van der Waals surface area contributed by atoms with Gasteiger partial charge in [0.25, 0.3) is 0 Å². The molecular formula is C35H23N2PSe. The van der Waals surface area contributed by atoms with Crippen molar-refractivity contribution in [1.29, 1.82) is 0 Å². The second-order valence-corrected chi connectivity index (χ2v) is 16.1. The van der Waals surface area contributed by atoms with Crippen molar-refractivity contribution in [3.63, 3.8) is 0 Å². The fourth-order valence-corrected chi connectivity index (χ4v) is 11.2. The summed E-state index contributed by atoms with van der Waals surface area (Å²) in [7, 11) is 0. The van der Waals surface area contributed by atoms with Crippen LogP contribution in [0.3, 0.4) is 0 Å². The van der Waals surface area contributed by atoms with E-state index in [2.05, 4.69) is 159 Å². The van der Waals surface area contributed by atoms with E-state index in [1.165, 1.54) is 48.4 Å². The number of rotatable bonds is 3. The van der Waals surface area contributed by atoms with E-state index in [1.54, 1.807) is 0 Å². The molecule has 1 atom stereocenters. The molecule has 8 aromatic rings. The molecule has 0 radical (unpaired) electrons. The molecule has 1 unspecified atom stereocenters. The van der Waals surface area contributed by atoms with Gasteiger partial charge in [0.15, 0.2) is 0 Å². The van der Waals surface area contributed by atoms with E-state index in [4.69, 9.17) is 4.98 Å². The van der Waals surface area contributed by atoms with Crippen LogP contribution in [0.15, 0.2) is 140 Å². The van der Waals surface area contributed by atoms with Crippen LogP contribution in [-0.4, -0.2) is 24.5 Å². The maximum absolute atomic E-state index is 5.44. The van der Waals surface area contributed by atoms with E-state index in [9.17, 15) is 0 Å². The zero-order chi connectivity index (χ0) is 26.0. The Morgan fingerprint density at radius 1 is 0.513 bits per heavy atom. The zero-order valence-electron chi connectivity index (χ0n) is 21.0. The second kappa shape index (κ2) is 8.76. The molecule has 6 aromatic carbocycles. The average molecular weight is 582 g/mol. The number of benzene rings is 6. The van der Waals surface area contributed by atoms with Crippen LogP contribution in [0.25, 0.3) is 49.1 Å². The van der Waals surface area contributed by atoms with Crippen molar-refractivity contribution in [1.82, 2.24) is 9.38 Å². The van der Waals surface area contributed by atoms with Crippen molar-refractivity contribution in [2.45, 2.75) is 0 Å². The number of pyridine rings is 1. The molecule has 0 aliphatic carbocycles. The predicted molar refractivity (Wildman–Crippen MR) is 170 cm³/mol. The SMILES string of the molecule is [Se]=P(c1ccccc1)(c1ccc2ccccc2c1)c1cccc2c1nc1c3ccccc3c3ccccc3n21. The Kier molecular flexibility index (Phi) is 5.15. The first-order valence-electron chi connectivity index (χ1n) is 13.1. The van der Waals surface area contributed by atoms with Crippen LogP contribution in [0.4, 0.5) is 0 Å². The molecule has 0 spiro atoms. The minimum atomic E-state index is -2.15. The van der Waals surface area contributed by atoms with Gasteiger partial charge >= 0.3 is 235 Å². The molecule has 0 aliphatic rings. The topological polar surface area (TPSA) is 17.3 Å². The molecule has 184 valence electrons. The summed E-state index contributed by atoms with van der Waals surface area (Å²) < 4.78 is 2.35. The first-order valence-corrected chi connectivity index (χ1v) is 17.1. The van der Waals surface area contributed by atoms with Crippen molar-refractivity contribution >= 4 is 85.6 Å². The van der Waals surface area contributed by atoms with E-state index in [0.29, 0.717) is 0 Å². The Labute approximate surface area is 233 Å². The molecule has 4 heteroatoms. The number of fused-ring (bicyclic) bond motifs is 9. The third kappa shape index (κ3) is 3.35. The fraction of sp³-hybridized carbons (Fsp3) is 0. The van der Waals surface area contributed by atoms with E-state index in [-0.39, 0.29) is 0 Å². The second-order valence-electron chi connectivity index (χ2n) is 9.95. The summed E-state index contributed by atoms with van der Waals surface area (Å²) in [6, 6.07) is 50.5. The van der Waals surface area contributed by atoms with E-state index >= 15 is 0 Å².